The Labute approximate surface area is 194 Å². The number of hydrogen-bond acceptors (Lipinski definition) is 3. The highest BCUT2D eigenvalue weighted by Gasteiger charge is 2.38. The first-order valence-corrected chi connectivity index (χ1v) is 12.4. The van der Waals surface area contributed by atoms with Gasteiger partial charge in [-0.1, -0.05) is 30.7 Å². The lowest BCUT2D eigenvalue weighted by molar-refractivity contribution is -0.137. The van der Waals surface area contributed by atoms with Gasteiger partial charge in [0.25, 0.3) is 0 Å². The van der Waals surface area contributed by atoms with Gasteiger partial charge >= 0.3 is 6.18 Å². The van der Waals surface area contributed by atoms with Crippen molar-refractivity contribution in [1.82, 2.24) is 9.80 Å². The smallest absolute Gasteiger partial charge is 0.416 e. The lowest BCUT2D eigenvalue weighted by Gasteiger charge is -2.38. The van der Waals surface area contributed by atoms with E-state index in [2.05, 4.69) is 21.9 Å². The molecule has 33 heavy (non-hydrogen) atoms. The molecule has 2 aromatic carbocycles. The molecular formula is C27H33F3N2O. The van der Waals surface area contributed by atoms with Crippen LogP contribution < -0.4 is 4.74 Å². The molecule has 0 aromatic heterocycles. The Kier molecular flexibility index (Phi) is 6.66. The number of benzene rings is 2. The number of alkyl halides is 3. The first kappa shape index (κ1) is 22.7. The number of fused-ring (bicyclic) bond motifs is 3. The van der Waals surface area contributed by atoms with Crippen molar-refractivity contribution in [1.29, 1.82) is 0 Å². The third-order valence-corrected chi connectivity index (χ3v) is 7.53. The van der Waals surface area contributed by atoms with Gasteiger partial charge in [-0.25, -0.2) is 0 Å². The first-order valence-electron chi connectivity index (χ1n) is 12.4. The minimum absolute atomic E-state index is 0.0511. The Hall–Kier alpha value is -2.05. The fourth-order valence-corrected chi connectivity index (χ4v) is 5.86. The average Bonchev–Trinajstić information content (AvgIpc) is 3.31. The molecule has 0 amide bonds. The molecule has 0 bridgehead atoms. The molecule has 2 saturated heterocycles. The third kappa shape index (κ3) is 5.07. The van der Waals surface area contributed by atoms with Crippen LogP contribution in [0.2, 0.25) is 0 Å². The van der Waals surface area contributed by atoms with E-state index in [1.807, 2.05) is 12.1 Å². The Morgan fingerprint density at radius 1 is 0.909 bits per heavy atom. The number of nitrogens with zero attached hydrogens (tertiary/aromatic N) is 2. The maximum Gasteiger partial charge on any atom is 0.416 e. The van der Waals surface area contributed by atoms with Crippen LogP contribution in [0.1, 0.15) is 72.7 Å². The van der Waals surface area contributed by atoms with Crippen molar-refractivity contribution in [3.63, 3.8) is 0 Å². The van der Waals surface area contributed by atoms with Gasteiger partial charge in [-0.3, -0.25) is 4.90 Å². The summed E-state index contributed by atoms with van der Waals surface area (Å²) in [6, 6.07) is 12.5. The molecule has 0 spiro atoms. The monoisotopic (exact) mass is 458 g/mol. The number of rotatable bonds is 6. The maximum absolute atomic E-state index is 13.3. The Morgan fingerprint density at radius 2 is 1.76 bits per heavy atom. The van der Waals surface area contributed by atoms with Crippen LogP contribution in [0.25, 0.3) is 0 Å². The Morgan fingerprint density at radius 3 is 2.58 bits per heavy atom. The van der Waals surface area contributed by atoms with E-state index in [0.717, 1.165) is 61.8 Å². The minimum atomic E-state index is -4.32. The number of piperidine rings is 1. The van der Waals surface area contributed by atoms with Gasteiger partial charge in [0.1, 0.15) is 5.75 Å². The quantitative estimate of drug-likeness (QED) is 0.477. The van der Waals surface area contributed by atoms with Crippen molar-refractivity contribution in [2.75, 3.05) is 39.3 Å². The van der Waals surface area contributed by atoms with Gasteiger partial charge in [0.05, 0.1) is 12.2 Å². The van der Waals surface area contributed by atoms with Gasteiger partial charge in [0, 0.05) is 25.0 Å². The van der Waals surface area contributed by atoms with Gasteiger partial charge < -0.3 is 9.64 Å². The molecule has 6 heteroatoms. The van der Waals surface area contributed by atoms with E-state index in [0.29, 0.717) is 12.6 Å². The van der Waals surface area contributed by atoms with Crippen molar-refractivity contribution >= 4 is 0 Å². The molecule has 2 fully saturated rings. The summed E-state index contributed by atoms with van der Waals surface area (Å²) in [5.41, 5.74) is 2.55. The summed E-state index contributed by atoms with van der Waals surface area (Å²) in [7, 11) is 0. The highest BCUT2D eigenvalue weighted by atomic mass is 19.4. The van der Waals surface area contributed by atoms with E-state index in [4.69, 9.17) is 4.74 Å². The molecular weight excluding hydrogens is 425 g/mol. The number of hydrogen-bond donors (Lipinski definition) is 0. The lowest BCUT2D eigenvalue weighted by Crippen LogP contribution is -2.34. The van der Waals surface area contributed by atoms with Crippen LogP contribution in [0.15, 0.2) is 42.5 Å². The zero-order valence-corrected chi connectivity index (χ0v) is 19.1. The summed E-state index contributed by atoms with van der Waals surface area (Å²) in [4.78, 5) is 4.96. The molecule has 178 valence electrons. The van der Waals surface area contributed by atoms with E-state index in [9.17, 15) is 13.2 Å². The molecule has 0 aliphatic carbocycles. The second-order valence-electron chi connectivity index (χ2n) is 9.72. The summed E-state index contributed by atoms with van der Waals surface area (Å²) in [5.74, 6) is 0.828. The standard InChI is InChI=1S/C27H33F3N2O/c28-27(29,30)21-8-4-7-20(17-21)25-19-32-15-5-9-26(32)24-18-22(10-11-23(24)25)33-16-6-14-31-12-2-1-3-13-31/h4,7-8,10-11,17-18,25-26H,1-3,5-6,9,12-16,19H2/t25-,26+/m0/s1. The second-order valence-corrected chi connectivity index (χ2v) is 9.72. The normalized spacial score (nSPS) is 23.8. The number of halogens is 3. The highest BCUT2D eigenvalue weighted by molar-refractivity contribution is 5.47. The Bertz CT molecular complexity index is 955. The summed E-state index contributed by atoms with van der Waals surface area (Å²) in [6.45, 7) is 5.95. The minimum Gasteiger partial charge on any atom is -0.494 e. The second kappa shape index (κ2) is 9.67. The summed E-state index contributed by atoms with van der Waals surface area (Å²) in [5, 5.41) is 0. The highest BCUT2D eigenvalue weighted by Crippen LogP contribution is 2.46. The predicted octanol–water partition coefficient (Wildman–Crippen LogP) is 6.24. The third-order valence-electron chi connectivity index (χ3n) is 7.53. The van der Waals surface area contributed by atoms with Crippen LogP contribution in [-0.2, 0) is 6.18 Å². The van der Waals surface area contributed by atoms with Crippen LogP contribution >= 0.6 is 0 Å². The largest absolute Gasteiger partial charge is 0.494 e. The SMILES string of the molecule is FC(F)(F)c1cccc([C@@H]2CN3CCC[C@@H]3c3cc(OCCCN4CCCCC4)ccc32)c1. The maximum atomic E-state index is 13.3. The van der Waals surface area contributed by atoms with Crippen molar-refractivity contribution < 1.29 is 17.9 Å². The van der Waals surface area contributed by atoms with Crippen LogP contribution in [0.5, 0.6) is 5.75 Å². The van der Waals surface area contributed by atoms with E-state index >= 15 is 0 Å². The van der Waals surface area contributed by atoms with Crippen LogP contribution in [0, 0.1) is 0 Å². The van der Waals surface area contributed by atoms with Crippen molar-refractivity contribution in [3.05, 3.63) is 64.7 Å². The van der Waals surface area contributed by atoms with E-state index in [-0.39, 0.29) is 5.92 Å². The molecule has 0 N–H and O–H groups in total. The predicted molar refractivity (Wildman–Crippen MR) is 124 cm³/mol. The van der Waals surface area contributed by atoms with Crippen LogP contribution in [0.4, 0.5) is 13.2 Å². The average molecular weight is 459 g/mol. The Balaban J connectivity index is 1.33. The van der Waals surface area contributed by atoms with E-state index in [1.54, 1.807) is 0 Å². The van der Waals surface area contributed by atoms with Crippen LogP contribution in [0.3, 0.4) is 0 Å². The van der Waals surface area contributed by atoms with Gasteiger partial charge in [0.15, 0.2) is 0 Å². The van der Waals surface area contributed by atoms with E-state index in [1.165, 1.54) is 50.0 Å². The molecule has 2 atom stereocenters. The summed E-state index contributed by atoms with van der Waals surface area (Å²) >= 11 is 0. The first-order chi connectivity index (χ1) is 16.0. The van der Waals surface area contributed by atoms with Gasteiger partial charge in [0.2, 0.25) is 0 Å². The molecule has 0 saturated carbocycles. The van der Waals surface area contributed by atoms with E-state index < -0.39 is 11.7 Å². The molecule has 5 rings (SSSR count). The topological polar surface area (TPSA) is 15.7 Å². The fourth-order valence-electron chi connectivity index (χ4n) is 5.86. The summed E-state index contributed by atoms with van der Waals surface area (Å²) < 4.78 is 46.1. The number of likely N-dealkylation sites (tertiary alicyclic amines) is 1. The molecule has 3 aliphatic heterocycles. The zero-order valence-electron chi connectivity index (χ0n) is 19.1. The van der Waals surface area contributed by atoms with Crippen LogP contribution in [-0.4, -0.2) is 49.1 Å². The van der Waals surface area contributed by atoms with Gasteiger partial charge in [-0.2, -0.15) is 13.2 Å². The van der Waals surface area contributed by atoms with Crippen molar-refractivity contribution in [3.8, 4) is 5.75 Å². The molecule has 3 heterocycles. The summed E-state index contributed by atoms with van der Waals surface area (Å²) in [6.07, 6.45) is 2.87. The van der Waals surface area contributed by atoms with Gasteiger partial charge in [-0.15, -0.1) is 0 Å². The van der Waals surface area contributed by atoms with Crippen molar-refractivity contribution in [2.24, 2.45) is 0 Å². The molecule has 3 nitrogen and oxygen atoms in total. The van der Waals surface area contributed by atoms with Gasteiger partial charge in [-0.05, 0) is 86.6 Å². The van der Waals surface area contributed by atoms with Crippen molar-refractivity contribution in [2.45, 2.75) is 56.7 Å². The zero-order chi connectivity index (χ0) is 22.8. The number of ether oxygens (including phenoxy) is 1. The molecule has 0 radical (unpaired) electrons. The fraction of sp³-hybridized carbons (Fsp3) is 0.556. The molecule has 3 aliphatic rings. The molecule has 2 aromatic rings. The lowest BCUT2D eigenvalue weighted by atomic mass is 9.81. The molecule has 0 unspecified atom stereocenters.